The first-order valence-electron chi connectivity index (χ1n) is 2.53. The molecule has 0 fully saturated rings. The van der Waals surface area contributed by atoms with Crippen molar-refractivity contribution in [2.24, 2.45) is 0 Å². The van der Waals surface area contributed by atoms with Crippen LogP contribution in [0.15, 0.2) is 0 Å². The molecule has 0 heterocycles. The Morgan fingerprint density at radius 2 is 2.30 bits per heavy atom. The van der Waals surface area contributed by atoms with Gasteiger partial charge in [-0.2, -0.15) is 5.26 Å². The molecule has 0 saturated heterocycles. The first kappa shape index (κ1) is 10.2. The van der Waals surface area contributed by atoms with Crippen LogP contribution in [0.25, 0.3) is 0 Å². The van der Waals surface area contributed by atoms with E-state index in [1.165, 1.54) is 11.8 Å². The number of thiocyanates is 1. The monoisotopic (exact) mass is 195 g/mol. The average Bonchev–Trinajstić information content (AvgIpc) is 1.98. The lowest BCUT2D eigenvalue weighted by Crippen LogP contribution is -1.94. The lowest BCUT2D eigenvalue weighted by molar-refractivity contribution is -0.108. The van der Waals surface area contributed by atoms with Gasteiger partial charge in [0.05, 0.1) is 5.88 Å². The van der Waals surface area contributed by atoms with Crippen LogP contribution in [-0.2, 0) is 4.79 Å². The Morgan fingerprint density at radius 1 is 1.60 bits per heavy atom. The highest BCUT2D eigenvalue weighted by Crippen LogP contribution is 2.06. The second-order valence-electron chi connectivity index (χ2n) is 1.29. The van der Waals surface area contributed by atoms with Crippen LogP contribution in [0, 0.1) is 10.7 Å². The molecule has 0 saturated carbocycles. The van der Waals surface area contributed by atoms with Crippen molar-refractivity contribution in [2.75, 3.05) is 17.4 Å². The maximum Gasteiger partial charge on any atom is 0.203 e. The number of hydrogen-bond acceptors (Lipinski definition) is 4. The Morgan fingerprint density at radius 3 is 2.80 bits per heavy atom. The van der Waals surface area contributed by atoms with Crippen LogP contribution in [0.3, 0.4) is 0 Å². The molecule has 0 rings (SSSR count). The van der Waals surface area contributed by atoms with Crippen LogP contribution >= 0.6 is 35.1 Å². The molecule has 0 N–H and O–H groups in total. The smallest absolute Gasteiger partial charge is 0.203 e. The predicted molar refractivity (Wildman–Crippen MR) is 46.3 cm³/mol. The summed E-state index contributed by atoms with van der Waals surface area (Å²) < 4.78 is 0. The van der Waals surface area contributed by atoms with Crippen LogP contribution in [0.1, 0.15) is 0 Å². The molecule has 0 aliphatic carbocycles. The summed E-state index contributed by atoms with van der Waals surface area (Å²) in [4.78, 5) is 10.5. The van der Waals surface area contributed by atoms with Gasteiger partial charge >= 0.3 is 0 Å². The highest BCUT2D eigenvalue weighted by molar-refractivity contribution is 8.14. The topological polar surface area (TPSA) is 40.9 Å². The van der Waals surface area contributed by atoms with Gasteiger partial charge in [0.1, 0.15) is 5.40 Å². The zero-order chi connectivity index (χ0) is 7.82. The molecule has 0 aromatic heterocycles. The number of carbonyl (C=O) groups is 1. The van der Waals surface area contributed by atoms with Crippen molar-refractivity contribution in [2.45, 2.75) is 0 Å². The van der Waals surface area contributed by atoms with Gasteiger partial charge in [0.15, 0.2) is 0 Å². The molecule has 2 nitrogen and oxygen atoms in total. The normalized spacial score (nSPS) is 8.80. The molecular formula is C5H6ClNOS2. The molecule has 5 heteroatoms. The SMILES string of the molecule is N#CSCCSC(=O)CCl. The molecule has 0 atom stereocenters. The molecule has 0 amide bonds. The number of halogens is 1. The summed E-state index contributed by atoms with van der Waals surface area (Å²) in [5, 5.41) is 9.97. The fourth-order valence-corrected chi connectivity index (χ4v) is 1.58. The number of hydrogen-bond donors (Lipinski definition) is 0. The summed E-state index contributed by atoms with van der Waals surface area (Å²) in [6.07, 6.45) is 0. The van der Waals surface area contributed by atoms with E-state index in [1.54, 1.807) is 0 Å². The van der Waals surface area contributed by atoms with Crippen molar-refractivity contribution in [1.29, 1.82) is 5.26 Å². The number of rotatable bonds is 4. The van der Waals surface area contributed by atoms with E-state index < -0.39 is 0 Å². The van der Waals surface area contributed by atoms with E-state index in [0.29, 0.717) is 11.5 Å². The standard InChI is InChI=1S/C5H6ClNOS2/c6-3-5(8)10-2-1-9-4-7/h1-3H2. The zero-order valence-electron chi connectivity index (χ0n) is 5.17. The number of carbonyl (C=O) groups excluding carboxylic acids is 1. The van der Waals surface area contributed by atoms with E-state index in [1.807, 2.05) is 5.40 Å². The van der Waals surface area contributed by atoms with Crippen LogP contribution < -0.4 is 0 Å². The fourth-order valence-electron chi connectivity index (χ4n) is 0.281. The molecule has 0 bridgehead atoms. The maximum atomic E-state index is 10.5. The lowest BCUT2D eigenvalue weighted by atomic mass is 10.9. The third-order valence-corrected chi connectivity index (χ3v) is 2.69. The third-order valence-electron chi connectivity index (χ3n) is 0.622. The zero-order valence-corrected chi connectivity index (χ0v) is 7.56. The molecule has 10 heavy (non-hydrogen) atoms. The Balaban J connectivity index is 3.05. The summed E-state index contributed by atoms with van der Waals surface area (Å²) in [6, 6.07) is 0. The van der Waals surface area contributed by atoms with Gasteiger partial charge < -0.3 is 0 Å². The average molecular weight is 196 g/mol. The first-order valence-corrected chi connectivity index (χ1v) is 5.04. The van der Waals surface area contributed by atoms with Crippen LogP contribution in [0.5, 0.6) is 0 Å². The molecule has 0 radical (unpaired) electrons. The maximum absolute atomic E-state index is 10.5. The number of nitriles is 1. The predicted octanol–water partition coefficient (Wildman–Crippen LogP) is 1.70. The summed E-state index contributed by atoms with van der Waals surface area (Å²) in [7, 11) is 0. The van der Waals surface area contributed by atoms with Gasteiger partial charge in [-0.3, -0.25) is 4.79 Å². The molecule has 0 unspecified atom stereocenters. The number of nitrogens with zero attached hydrogens (tertiary/aromatic N) is 1. The number of alkyl halides is 1. The van der Waals surface area contributed by atoms with E-state index in [0.717, 1.165) is 11.8 Å². The minimum Gasteiger partial charge on any atom is -0.286 e. The van der Waals surface area contributed by atoms with Crippen molar-refractivity contribution in [3.63, 3.8) is 0 Å². The first-order chi connectivity index (χ1) is 4.81. The van der Waals surface area contributed by atoms with Crippen molar-refractivity contribution in [1.82, 2.24) is 0 Å². The van der Waals surface area contributed by atoms with E-state index in [9.17, 15) is 4.79 Å². The Hall–Kier alpha value is 0.150. The third kappa shape index (κ3) is 6.27. The van der Waals surface area contributed by atoms with Gasteiger partial charge in [0, 0.05) is 11.5 Å². The van der Waals surface area contributed by atoms with Crippen molar-refractivity contribution >= 4 is 40.2 Å². The Labute approximate surface area is 73.3 Å². The van der Waals surface area contributed by atoms with Crippen LogP contribution in [0.4, 0.5) is 0 Å². The van der Waals surface area contributed by atoms with E-state index >= 15 is 0 Å². The second kappa shape index (κ2) is 7.26. The van der Waals surface area contributed by atoms with Crippen molar-refractivity contribution in [3.05, 3.63) is 0 Å². The van der Waals surface area contributed by atoms with Crippen molar-refractivity contribution in [3.8, 4) is 5.40 Å². The quantitative estimate of drug-likeness (QED) is 0.389. The van der Waals surface area contributed by atoms with Crippen LogP contribution in [-0.4, -0.2) is 22.5 Å². The summed E-state index contributed by atoms with van der Waals surface area (Å²) in [5.74, 6) is 1.41. The molecular weight excluding hydrogens is 190 g/mol. The summed E-state index contributed by atoms with van der Waals surface area (Å²) in [5.41, 5.74) is 0. The van der Waals surface area contributed by atoms with Gasteiger partial charge in [0.2, 0.25) is 5.12 Å². The highest BCUT2D eigenvalue weighted by atomic mass is 35.5. The number of thioether (sulfide) groups is 2. The molecule has 0 aromatic carbocycles. The summed E-state index contributed by atoms with van der Waals surface area (Å²) >= 11 is 7.55. The van der Waals surface area contributed by atoms with Gasteiger partial charge in [-0.25, -0.2) is 0 Å². The minimum atomic E-state index is -0.0276. The Kier molecular flexibility index (Phi) is 7.37. The lowest BCUT2D eigenvalue weighted by Gasteiger charge is -1.91. The van der Waals surface area contributed by atoms with E-state index in [2.05, 4.69) is 0 Å². The summed E-state index contributed by atoms with van der Waals surface area (Å²) in [6.45, 7) is 0. The van der Waals surface area contributed by atoms with E-state index in [4.69, 9.17) is 16.9 Å². The molecule has 0 aliphatic heterocycles. The fraction of sp³-hybridized carbons (Fsp3) is 0.600. The van der Waals surface area contributed by atoms with Gasteiger partial charge in [-0.15, -0.1) is 11.6 Å². The molecule has 0 aromatic rings. The molecule has 0 spiro atoms. The highest BCUT2D eigenvalue weighted by Gasteiger charge is 1.98. The molecule has 0 aliphatic rings. The largest absolute Gasteiger partial charge is 0.286 e. The van der Waals surface area contributed by atoms with Crippen molar-refractivity contribution < 1.29 is 4.79 Å². The molecule has 56 valence electrons. The minimum absolute atomic E-state index is 0.0276. The van der Waals surface area contributed by atoms with Gasteiger partial charge in [-0.1, -0.05) is 11.8 Å². The van der Waals surface area contributed by atoms with E-state index in [-0.39, 0.29) is 11.0 Å². The second-order valence-corrected chi connectivity index (χ2v) is 3.59. The van der Waals surface area contributed by atoms with Crippen LogP contribution in [0.2, 0.25) is 0 Å². The van der Waals surface area contributed by atoms with Gasteiger partial charge in [0.25, 0.3) is 0 Å². The Bertz CT molecular complexity index is 145. The van der Waals surface area contributed by atoms with Gasteiger partial charge in [-0.05, 0) is 11.8 Å².